The molecular formula is C20H17FN6O. The number of benzene rings is 1. The number of halogens is 1. The number of aliphatic hydroxyl groups excluding tert-OH is 1. The third-order valence-corrected chi connectivity index (χ3v) is 4.69. The van der Waals surface area contributed by atoms with E-state index in [4.69, 9.17) is 6.57 Å². The van der Waals surface area contributed by atoms with Crippen molar-refractivity contribution in [2.24, 2.45) is 0 Å². The van der Waals surface area contributed by atoms with Crippen LogP contribution in [0, 0.1) is 12.4 Å². The SMILES string of the molecule is [C-]#[N+]c1cnc2ccc(-c3c(-c4ccc(F)cc4)ncn3[C@H](CC)CO)nn12. The predicted molar refractivity (Wildman–Crippen MR) is 102 cm³/mol. The van der Waals surface area contributed by atoms with Crippen LogP contribution in [-0.4, -0.2) is 35.9 Å². The fraction of sp³-hybridized carbons (Fsp3) is 0.200. The Morgan fingerprint density at radius 1 is 1.18 bits per heavy atom. The molecule has 0 saturated carbocycles. The van der Waals surface area contributed by atoms with E-state index in [9.17, 15) is 9.50 Å². The predicted octanol–water partition coefficient (Wildman–Crippen LogP) is 3.89. The lowest BCUT2D eigenvalue weighted by Gasteiger charge is -2.17. The molecule has 0 aliphatic heterocycles. The summed E-state index contributed by atoms with van der Waals surface area (Å²) in [7, 11) is 0. The van der Waals surface area contributed by atoms with Crippen molar-refractivity contribution in [2.45, 2.75) is 19.4 Å². The number of aromatic nitrogens is 5. The van der Waals surface area contributed by atoms with Crippen molar-refractivity contribution in [1.29, 1.82) is 0 Å². The van der Waals surface area contributed by atoms with Gasteiger partial charge in [-0.05, 0) is 36.8 Å². The Morgan fingerprint density at radius 3 is 2.64 bits per heavy atom. The minimum Gasteiger partial charge on any atom is -0.394 e. The van der Waals surface area contributed by atoms with Crippen LogP contribution in [0.25, 0.3) is 33.1 Å². The first kappa shape index (κ1) is 17.8. The average Bonchev–Trinajstić information content (AvgIpc) is 3.33. The van der Waals surface area contributed by atoms with Gasteiger partial charge >= 0.3 is 0 Å². The standard InChI is InChI=1S/C20H17FN6O/c1-3-15(11-28)26-12-24-19(13-4-6-14(21)7-5-13)20(26)16-8-9-17-23-10-18(22-2)27(17)25-16/h4-10,12,15,28H,3,11H2,1H3/t15-/m1/s1. The maximum absolute atomic E-state index is 13.4. The number of nitrogens with zero attached hydrogens (tertiary/aromatic N) is 6. The molecule has 3 heterocycles. The van der Waals surface area contributed by atoms with E-state index in [0.717, 1.165) is 5.56 Å². The van der Waals surface area contributed by atoms with Crippen LogP contribution in [0.2, 0.25) is 0 Å². The van der Waals surface area contributed by atoms with Crippen LogP contribution >= 0.6 is 0 Å². The van der Waals surface area contributed by atoms with E-state index in [1.165, 1.54) is 22.8 Å². The van der Waals surface area contributed by atoms with Crippen molar-refractivity contribution >= 4 is 11.5 Å². The van der Waals surface area contributed by atoms with Gasteiger partial charge in [0.25, 0.3) is 5.82 Å². The Balaban J connectivity index is 1.96. The van der Waals surface area contributed by atoms with Crippen LogP contribution < -0.4 is 0 Å². The van der Waals surface area contributed by atoms with Crippen molar-refractivity contribution in [2.75, 3.05) is 6.61 Å². The van der Waals surface area contributed by atoms with Gasteiger partial charge in [0.05, 0.1) is 36.6 Å². The highest BCUT2D eigenvalue weighted by Crippen LogP contribution is 2.33. The fourth-order valence-electron chi connectivity index (χ4n) is 3.19. The van der Waals surface area contributed by atoms with Gasteiger partial charge in [-0.3, -0.25) is 0 Å². The first-order valence-corrected chi connectivity index (χ1v) is 8.82. The molecule has 8 heteroatoms. The maximum atomic E-state index is 13.4. The van der Waals surface area contributed by atoms with Gasteiger partial charge in [0.15, 0.2) is 0 Å². The number of hydrogen-bond acceptors (Lipinski definition) is 4. The molecule has 1 atom stereocenters. The summed E-state index contributed by atoms with van der Waals surface area (Å²) in [6.07, 6.45) is 3.83. The van der Waals surface area contributed by atoms with Crippen molar-refractivity contribution in [3.63, 3.8) is 0 Å². The quantitative estimate of drug-likeness (QED) is 0.536. The lowest BCUT2D eigenvalue weighted by atomic mass is 10.1. The van der Waals surface area contributed by atoms with Crippen molar-refractivity contribution in [1.82, 2.24) is 24.1 Å². The molecule has 140 valence electrons. The summed E-state index contributed by atoms with van der Waals surface area (Å²) in [4.78, 5) is 12.1. The molecule has 0 bridgehead atoms. The molecule has 0 aliphatic carbocycles. The Labute approximate surface area is 160 Å². The molecule has 1 N–H and O–H groups in total. The number of fused-ring (bicyclic) bond motifs is 1. The van der Waals surface area contributed by atoms with Gasteiger partial charge in [-0.15, -0.1) is 4.52 Å². The Morgan fingerprint density at radius 2 is 1.96 bits per heavy atom. The number of imidazole rings is 2. The summed E-state index contributed by atoms with van der Waals surface area (Å²) in [5.74, 6) is -0.0216. The molecule has 0 amide bonds. The Kier molecular flexibility index (Phi) is 4.59. The molecule has 0 aliphatic rings. The van der Waals surface area contributed by atoms with Crippen molar-refractivity contribution < 1.29 is 9.50 Å². The maximum Gasteiger partial charge on any atom is 0.275 e. The molecule has 0 saturated heterocycles. The molecule has 4 aromatic rings. The van der Waals surface area contributed by atoms with E-state index in [2.05, 4.69) is 19.9 Å². The average molecular weight is 376 g/mol. The fourth-order valence-corrected chi connectivity index (χ4v) is 3.19. The molecule has 28 heavy (non-hydrogen) atoms. The lowest BCUT2D eigenvalue weighted by Crippen LogP contribution is -2.13. The summed E-state index contributed by atoms with van der Waals surface area (Å²) in [6, 6.07) is 9.48. The van der Waals surface area contributed by atoms with E-state index in [0.29, 0.717) is 35.0 Å². The number of aliphatic hydroxyl groups is 1. The van der Waals surface area contributed by atoms with Crippen LogP contribution in [-0.2, 0) is 0 Å². The minimum absolute atomic E-state index is 0.0522. The highest BCUT2D eigenvalue weighted by Gasteiger charge is 2.22. The zero-order valence-electron chi connectivity index (χ0n) is 15.1. The molecule has 1 aromatic carbocycles. The topological polar surface area (TPSA) is 72.6 Å². The van der Waals surface area contributed by atoms with E-state index >= 15 is 0 Å². The zero-order valence-corrected chi connectivity index (χ0v) is 15.1. The smallest absolute Gasteiger partial charge is 0.275 e. The normalized spacial score (nSPS) is 12.2. The molecule has 7 nitrogen and oxygen atoms in total. The molecule has 0 fully saturated rings. The van der Waals surface area contributed by atoms with Crippen LogP contribution in [0.4, 0.5) is 10.2 Å². The molecule has 0 radical (unpaired) electrons. The van der Waals surface area contributed by atoms with Crippen LogP contribution in [0.3, 0.4) is 0 Å². The summed E-state index contributed by atoms with van der Waals surface area (Å²) in [5, 5.41) is 14.4. The minimum atomic E-state index is -0.328. The van der Waals surface area contributed by atoms with E-state index in [1.54, 1.807) is 30.6 Å². The third kappa shape index (κ3) is 2.92. The third-order valence-electron chi connectivity index (χ3n) is 4.69. The Hall–Kier alpha value is -3.57. The second kappa shape index (κ2) is 7.21. The van der Waals surface area contributed by atoms with Crippen LogP contribution in [0.5, 0.6) is 0 Å². The van der Waals surface area contributed by atoms with E-state index < -0.39 is 0 Å². The van der Waals surface area contributed by atoms with Gasteiger partial charge in [0.2, 0.25) is 5.65 Å². The molecule has 0 spiro atoms. The van der Waals surface area contributed by atoms with Gasteiger partial charge in [-0.25, -0.2) is 14.4 Å². The molecule has 0 unspecified atom stereocenters. The second-order valence-corrected chi connectivity index (χ2v) is 6.32. The summed E-state index contributed by atoms with van der Waals surface area (Å²) in [6.45, 7) is 9.22. The second-order valence-electron chi connectivity index (χ2n) is 6.32. The summed E-state index contributed by atoms with van der Waals surface area (Å²) in [5.41, 5.74) is 3.21. The van der Waals surface area contributed by atoms with Crippen molar-refractivity contribution in [3.05, 3.63) is 66.2 Å². The van der Waals surface area contributed by atoms with Crippen LogP contribution in [0.1, 0.15) is 19.4 Å². The molecular weight excluding hydrogens is 359 g/mol. The first-order valence-electron chi connectivity index (χ1n) is 8.82. The van der Waals surface area contributed by atoms with Gasteiger partial charge < -0.3 is 14.5 Å². The van der Waals surface area contributed by atoms with E-state index in [1.807, 2.05) is 11.5 Å². The zero-order chi connectivity index (χ0) is 19.7. The van der Waals surface area contributed by atoms with Gasteiger partial charge in [0, 0.05) is 11.6 Å². The highest BCUT2D eigenvalue weighted by molar-refractivity contribution is 5.77. The lowest BCUT2D eigenvalue weighted by molar-refractivity contribution is 0.225. The van der Waals surface area contributed by atoms with Crippen molar-refractivity contribution in [3.8, 4) is 22.6 Å². The highest BCUT2D eigenvalue weighted by atomic mass is 19.1. The molecule has 4 rings (SSSR count). The largest absolute Gasteiger partial charge is 0.394 e. The van der Waals surface area contributed by atoms with Crippen LogP contribution in [0.15, 0.2) is 48.9 Å². The Bertz CT molecular complexity index is 1170. The molecule has 3 aromatic heterocycles. The van der Waals surface area contributed by atoms with E-state index in [-0.39, 0.29) is 18.5 Å². The summed E-state index contributed by atoms with van der Waals surface area (Å²) >= 11 is 0. The number of hydrogen-bond donors (Lipinski definition) is 1. The number of rotatable bonds is 5. The first-order chi connectivity index (χ1) is 13.7. The van der Waals surface area contributed by atoms with Gasteiger partial charge in [0.1, 0.15) is 11.5 Å². The van der Waals surface area contributed by atoms with Gasteiger partial charge in [-0.1, -0.05) is 18.6 Å². The monoisotopic (exact) mass is 376 g/mol. The van der Waals surface area contributed by atoms with Gasteiger partial charge in [-0.2, -0.15) is 0 Å². The summed E-state index contributed by atoms with van der Waals surface area (Å²) < 4.78 is 16.7.